The number of nitrogens with zero attached hydrogens (tertiary/aromatic N) is 1. The summed E-state index contributed by atoms with van der Waals surface area (Å²) < 4.78 is 25.4. The summed E-state index contributed by atoms with van der Waals surface area (Å²) >= 11 is 5.95. The molecule has 0 bridgehead atoms. The molecule has 2 N–H and O–H groups in total. The Morgan fingerprint density at radius 3 is 2.25 bits per heavy atom. The maximum absolute atomic E-state index is 14.0. The fourth-order valence-electron chi connectivity index (χ4n) is 5.09. The van der Waals surface area contributed by atoms with Gasteiger partial charge in [0.15, 0.2) is 11.7 Å². The van der Waals surface area contributed by atoms with E-state index >= 15 is 0 Å². The van der Waals surface area contributed by atoms with Gasteiger partial charge in [-0.3, -0.25) is 9.69 Å². The van der Waals surface area contributed by atoms with Crippen molar-refractivity contribution in [3.63, 3.8) is 0 Å². The SMILES string of the molecule is CCOC(=O)C1=C(N)O[C@@]2(c3ccccc3)[C@@H]1[C@H](C(=O)c1ccc(F)cc1)C(=S)N2c1ccccc1. The smallest absolute Gasteiger partial charge is 0.339 e. The molecule has 36 heavy (non-hydrogen) atoms. The van der Waals surface area contributed by atoms with E-state index in [1.54, 1.807) is 11.8 Å². The Balaban J connectivity index is 1.77. The topological polar surface area (TPSA) is 81.9 Å². The Morgan fingerprint density at radius 2 is 1.64 bits per heavy atom. The van der Waals surface area contributed by atoms with Crippen LogP contribution in [0.1, 0.15) is 22.8 Å². The predicted molar refractivity (Wildman–Crippen MR) is 136 cm³/mol. The summed E-state index contributed by atoms with van der Waals surface area (Å²) in [6.07, 6.45) is 0. The van der Waals surface area contributed by atoms with Crippen LogP contribution in [-0.4, -0.2) is 23.3 Å². The number of Topliss-reactive ketones (excluding diaryl/α,β-unsaturated/α-hetero) is 1. The van der Waals surface area contributed by atoms with Crippen LogP contribution in [0, 0.1) is 17.7 Å². The number of ether oxygens (including phenoxy) is 2. The third-order valence-electron chi connectivity index (χ3n) is 6.52. The van der Waals surface area contributed by atoms with Crippen LogP contribution < -0.4 is 10.6 Å². The first kappa shape index (κ1) is 23.7. The lowest BCUT2D eigenvalue weighted by molar-refractivity contribution is -0.139. The first-order valence-electron chi connectivity index (χ1n) is 11.5. The minimum Gasteiger partial charge on any atom is -0.462 e. The monoisotopic (exact) mass is 502 g/mol. The minimum absolute atomic E-state index is 0.0574. The molecule has 0 spiro atoms. The van der Waals surface area contributed by atoms with Crippen LogP contribution in [0.2, 0.25) is 0 Å². The van der Waals surface area contributed by atoms with Crippen LogP contribution in [0.5, 0.6) is 0 Å². The van der Waals surface area contributed by atoms with Gasteiger partial charge in [-0.05, 0) is 43.3 Å². The van der Waals surface area contributed by atoms with E-state index in [0.29, 0.717) is 11.3 Å². The van der Waals surface area contributed by atoms with Gasteiger partial charge in [0, 0.05) is 16.8 Å². The van der Waals surface area contributed by atoms with Crippen molar-refractivity contribution in [1.82, 2.24) is 0 Å². The summed E-state index contributed by atoms with van der Waals surface area (Å²) in [4.78, 5) is 29.2. The van der Waals surface area contributed by atoms with Crippen LogP contribution in [0.3, 0.4) is 0 Å². The highest BCUT2D eigenvalue weighted by molar-refractivity contribution is 7.80. The van der Waals surface area contributed by atoms with Gasteiger partial charge in [-0.1, -0.05) is 60.7 Å². The summed E-state index contributed by atoms with van der Waals surface area (Å²) in [5.74, 6) is -3.56. The number of benzene rings is 3. The Hall–Kier alpha value is -4.04. The molecule has 0 unspecified atom stereocenters. The van der Waals surface area contributed by atoms with Crippen molar-refractivity contribution in [3.05, 3.63) is 113 Å². The summed E-state index contributed by atoms with van der Waals surface area (Å²) in [7, 11) is 0. The lowest BCUT2D eigenvalue weighted by Gasteiger charge is -2.39. The Labute approximate surface area is 213 Å². The van der Waals surface area contributed by atoms with Gasteiger partial charge in [-0.2, -0.15) is 0 Å². The van der Waals surface area contributed by atoms with Crippen LogP contribution in [0.4, 0.5) is 10.1 Å². The lowest BCUT2D eigenvalue weighted by atomic mass is 9.77. The summed E-state index contributed by atoms with van der Waals surface area (Å²) in [6.45, 7) is 1.80. The third kappa shape index (κ3) is 3.56. The molecule has 0 saturated carbocycles. The lowest BCUT2D eigenvalue weighted by Crippen LogP contribution is -2.47. The number of para-hydroxylation sites is 1. The highest BCUT2D eigenvalue weighted by atomic mass is 32.1. The molecule has 2 aliphatic heterocycles. The van der Waals surface area contributed by atoms with Gasteiger partial charge in [0.25, 0.3) is 0 Å². The highest BCUT2D eigenvalue weighted by Crippen LogP contribution is 2.58. The van der Waals surface area contributed by atoms with E-state index in [-0.39, 0.29) is 34.4 Å². The first-order chi connectivity index (χ1) is 17.4. The normalized spacial score (nSPS) is 22.8. The van der Waals surface area contributed by atoms with Crippen LogP contribution in [0.15, 0.2) is 96.4 Å². The molecule has 8 heteroatoms. The van der Waals surface area contributed by atoms with E-state index < -0.39 is 29.3 Å². The van der Waals surface area contributed by atoms with Gasteiger partial charge in [-0.25, -0.2) is 9.18 Å². The van der Waals surface area contributed by atoms with E-state index in [9.17, 15) is 14.0 Å². The molecular weight excluding hydrogens is 479 g/mol. The van der Waals surface area contributed by atoms with Gasteiger partial charge in [0.1, 0.15) is 11.4 Å². The molecule has 0 aromatic heterocycles. The number of halogens is 1. The summed E-state index contributed by atoms with van der Waals surface area (Å²) in [6, 6.07) is 23.7. The predicted octanol–water partition coefficient (Wildman–Crippen LogP) is 4.71. The maximum atomic E-state index is 14.0. The van der Waals surface area contributed by atoms with Gasteiger partial charge >= 0.3 is 5.97 Å². The number of carbonyl (C=O) groups excluding carboxylic acids is 2. The van der Waals surface area contributed by atoms with Gasteiger partial charge in [0.05, 0.1) is 23.4 Å². The first-order valence-corrected chi connectivity index (χ1v) is 11.9. The van der Waals surface area contributed by atoms with E-state index in [1.165, 1.54) is 24.3 Å². The molecule has 182 valence electrons. The molecule has 1 saturated heterocycles. The van der Waals surface area contributed by atoms with Crippen molar-refractivity contribution in [3.8, 4) is 0 Å². The number of rotatable bonds is 6. The number of anilines is 1. The molecule has 3 atom stereocenters. The number of carbonyl (C=O) groups is 2. The maximum Gasteiger partial charge on any atom is 0.339 e. The molecule has 0 amide bonds. The standard InChI is InChI=1S/C28H23FN2O4S/c1-2-34-27(33)22-23-21(24(32)17-13-15-19(29)16-14-17)26(36)31(20-11-7-4-8-12-20)28(23,35-25(22)30)18-9-5-3-6-10-18/h3-16,21,23H,2,30H2,1H3/t21-,23-,28+/m1/s1. The number of nitrogens with two attached hydrogens (primary N) is 1. The fraction of sp³-hybridized carbons (Fsp3) is 0.179. The van der Waals surface area contributed by atoms with Crippen molar-refractivity contribution in [1.29, 1.82) is 0 Å². The van der Waals surface area contributed by atoms with E-state index in [0.717, 1.165) is 0 Å². The minimum atomic E-state index is -1.41. The number of ketones is 1. The number of fused-ring (bicyclic) bond motifs is 1. The molecule has 3 aromatic carbocycles. The Morgan fingerprint density at radius 1 is 1.03 bits per heavy atom. The average Bonchev–Trinajstić information content (AvgIpc) is 3.32. The number of thiocarbonyl (C=S) groups is 1. The zero-order chi connectivity index (χ0) is 25.4. The van der Waals surface area contributed by atoms with Crippen LogP contribution in [0.25, 0.3) is 0 Å². The van der Waals surface area contributed by atoms with Gasteiger partial charge in [-0.15, -0.1) is 0 Å². The molecule has 3 aromatic rings. The molecule has 1 fully saturated rings. The van der Waals surface area contributed by atoms with Crippen molar-refractivity contribution < 1.29 is 23.5 Å². The molecule has 0 radical (unpaired) electrons. The molecule has 2 heterocycles. The number of esters is 1. The molecular formula is C28H23FN2O4S. The fourth-order valence-corrected chi connectivity index (χ4v) is 5.58. The third-order valence-corrected chi connectivity index (χ3v) is 6.96. The summed E-state index contributed by atoms with van der Waals surface area (Å²) in [5, 5.41) is 0. The largest absolute Gasteiger partial charge is 0.462 e. The van der Waals surface area contributed by atoms with Gasteiger partial charge in [0.2, 0.25) is 5.72 Å². The summed E-state index contributed by atoms with van der Waals surface area (Å²) in [5.41, 5.74) is 6.60. The van der Waals surface area contributed by atoms with Crippen molar-refractivity contribution >= 4 is 34.6 Å². The van der Waals surface area contributed by atoms with Crippen LogP contribution in [-0.2, 0) is 20.0 Å². The Bertz CT molecular complexity index is 1360. The Kier molecular flexibility index (Phi) is 6.05. The number of hydrogen-bond donors (Lipinski definition) is 1. The molecule has 6 nitrogen and oxygen atoms in total. The van der Waals surface area contributed by atoms with E-state index in [4.69, 9.17) is 27.4 Å². The van der Waals surface area contributed by atoms with E-state index in [1.807, 2.05) is 60.7 Å². The highest BCUT2D eigenvalue weighted by Gasteiger charge is 2.68. The quantitative estimate of drug-likeness (QED) is 0.297. The zero-order valence-corrected chi connectivity index (χ0v) is 20.2. The zero-order valence-electron chi connectivity index (χ0n) is 19.4. The van der Waals surface area contributed by atoms with Gasteiger partial charge < -0.3 is 15.2 Å². The average molecular weight is 503 g/mol. The van der Waals surface area contributed by atoms with Crippen LogP contribution >= 0.6 is 12.2 Å². The second-order valence-electron chi connectivity index (χ2n) is 8.50. The molecule has 5 rings (SSSR count). The second-order valence-corrected chi connectivity index (χ2v) is 8.92. The second kappa shape index (κ2) is 9.20. The van der Waals surface area contributed by atoms with Crippen molar-refractivity contribution in [2.45, 2.75) is 12.6 Å². The van der Waals surface area contributed by atoms with Crippen molar-refractivity contribution in [2.24, 2.45) is 17.6 Å². The molecule has 0 aliphatic carbocycles. The molecule has 2 aliphatic rings. The number of hydrogen-bond acceptors (Lipinski definition) is 6. The van der Waals surface area contributed by atoms with Crippen molar-refractivity contribution in [2.75, 3.05) is 11.5 Å². The van der Waals surface area contributed by atoms with E-state index in [2.05, 4.69) is 0 Å².